The van der Waals surface area contributed by atoms with E-state index in [0.717, 1.165) is 18.4 Å². The van der Waals surface area contributed by atoms with E-state index in [1.165, 1.54) is 30.2 Å². The molecular weight excluding hydrogens is 408 g/mol. The largest absolute Gasteiger partial charge is 0.487 e. The Labute approximate surface area is 189 Å². The van der Waals surface area contributed by atoms with Crippen molar-refractivity contribution in [2.75, 3.05) is 25.1 Å². The number of carbonyl (C=O) groups excluding carboxylic acids is 1. The van der Waals surface area contributed by atoms with Crippen molar-refractivity contribution in [1.82, 2.24) is 15.3 Å². The lowest BCUT2D eigenvalue weighted by Gasteiger charge is -2.17. The average Bonchev–Trinajstić information content (AvgIpc) is 2.81. The predicted octanol–water partition coefficient (Wildman–Crippen LogP) is 4.72. The van der Waals surface area contributed by atoms with Crippen LogP contribution in [0.5, 0.6) is 0 Å². The summed E-state index contributed by atoms with van der Waals surface area (Å²) in [5.74, 6) is -0.266. The van der Waals surface area contributed by atoms with Crippen LogP contribution in [0.1, 0.15) is 51.5 Å². The molecule has 2 N–H and O–H groups in total. The molecule has 0 aliphatic rings. The topological polar surface area (TPSA) is 105 Å². The lowest BCUT2D eigenvalue weighted by atomic mass is 10.1. The van der Waals surface area contributed by atoms with Gasteiger partial charge in [-0.05, 0) is 31.1 Å². The number of carboxylic acid groups (broad SMARTS) is 1. The summed E-state index contributed by atoms with van der Waals surface area (Å²) in [6, 6.07) is 8.61. The Balaban J connectivity index is 2.03. The number of rotatable bonds is 12. The first kappa shape index (κ1) is 24.8. The molecule has 0 unspecified atom stereocenters. The summed E-state index contributed by atoms with van der Waals surface area (Å²) in [6.45, 7) is 4.82. The summed E-state index contributed by atoms with van der Waals surface area (Å²) in [5, 5.41) is 12.1. The first-order chi connectivity index (χ1) is 15.5. The Bertz CT molecular complexity index is 912. The minimum atomic E-state index is -1.12. The van der Waals surface area contributed by atoms with Crippen LogP contribution >= 0.6 is 0 Å². The van der Waals surface area contributed by atoms with Crippen molar-refractivity contribution in [2.24, 2.45) is 0 Å². The number of anilines is 1. The highest BCUT2D eigenvalue weighted by Crippen LogP contribution is 2.20. The monoisotopic (exact) mass is 440 g/mol. The molecule has 0 bridgehead atoms. The van der Waals surface area contributed by atoms with E-state index < -0.39 is 5.97 Å². The number of benzene rings is 1. The smallest absolute Gasteiger partial charge is 0.371 e. The van der Waals surface area contributed by atoms with Crippen molar-refractivity contribution >= 4 is 23.9 Å². The zero-order chi connectivity index (χ0) is 23.3. The quantitative estimate of drug-likeness (QED) is 0.281. The van der Waals surface area contributed by atoms with E-state index in [9.17, 15) is 14.7 Å². The molecule has 8 nitrogen and oxygen atoms in total. The van der Waals surface area contributed by atoms with Crippen LogP contribution in [-0.2, 0) is 9.53 Å². The fourth-order valence-corrected chi connectivity index (χ4v) is 3.02. The van der Waals surface area contributed by atoms with Crippen molar-refractivity contribution in [1.29, 1.82) is 0 Å². The van der Waals surface area contributed by atoms with E-state index in [-0.39, 0.29) is 18.4 Å². The van der Waals surface area contributed by atoms with Gasteiger partial charge in [-0.25, -0.2) is 19.6 Å². The van der Waals surface area contributed by atoms with Gasteiger partial charge in [-0.3, -0.25) is 4.90 Å². The number of aromatic nitrogens is 2. The number of carbonyl (C=O) groups is 2. The SMILES string of the molecule is CCCCCCCNC(=O)N(C)c1ccnc(-c2ccc(C=C(OCC)C(=O)O)cc2)n1. The fourth-order valence-electron chi connectivity index (χ4n) is 3.02. The third-order valence-corrected chi connectivity index (χ3v) is 4.82. The third-order valence-electron chi connectivity index (χ3n) is 4.82. The van der Waals surface area contributed by atoms with Crippen LogP contribution < -0.4 is 10.2 Å². The number of urea groups is 1. The van der Waals surface area contributed by atoms with Gasteiger partial charge < -0.3 is 15.2 Å². The Hall–Kier alpha value is -3.42. The zero-order valence-corrected chi connectivity index (χ0v) is 19.0. The maximum Gasteiger partial charge on any atom is 0.371 e. The highest BCUT2D eigenvalue weighted by atomic mass is 16.5. The molecule has 0 fully saturated rings. The molecule has 0 aliphatic heterocycles. The maximum atomic E-state index is 12.4. The second kappa shape index (κ2) is 13.1. The molecule has 2 rings (SSSR count). The Morgan fingerprint density at radius 3 is 2.47 bits per heavy atom. The third kappa shape index (κ3) is 7.68. The molecule has 0 aliphatic carbocycles. The molecular formula is C24H32N4O4. The Morgan fingerprint density at radius 2 is 1.81 bits per heavy atom. The molecule has 32 heavy (non-hydrogen) atoms. The van der Waals surface area contributed by atoms with E-state index in [4.69, 9.17) is 4.74 Å². The summed E-state index contributed by atoms with van der Waals surface area (Å²) in [7, 11) is 1.67. The first-order valence-electron chi connectivity index (χ1n) is 11.0. The second-order valence-corrected chi connectivity index (χ2v) is 7.31. The molecule has 0 atom stereocenters. The van der Waals surface area contributed by atoms with Crippen LogP contribution in [0.3, 0.4) is 0 Å². The molecule has 0 saturated heterocycles. The molecule has 1 aromatic carbocycles. The zero-order valence-electron chi connectivity index (χ0n) is 19.0. The fraction of sp³-hybridized carbons (Fsp3) is 0.417. The van der Waals surface area contributed by atoms with E-state index in [0.29, 0.717) is 23.8 Å². The molecule has 2 amide bonds. The van der Waals surface area contributed by atoms with Gasteiger partial charge in [0.1, 0.15) is 5.82 Å². The lowest BCUT2D eigenvalue weighted by Crippen LogP contribution is -2.38. The van der Waals surface area contributed by atoms with Gasteiger partial charge in [0.2, 0.25) is 5.76 Å². The van der Waals surface area contributed by atoms with Gasteiger partial charge in [-0.2, -0.15) is 0 Å². The molecule has 1 aromatic heterocycles. The van der Waals surface area contributed by atoms with Crippen LogP contribution in [0.2, 0.25) is 0 Å². The number of ether oxygens (including phenoxy) is 1. The number of nitrogens with zero attached hydrogens (tertiary/aromatic N) is 3. The number of carboxylic acids is 1. The Kier molecular flexibility index (Phi) is 10.2. The van der Waals surface area contributed by atoms with Crippen molar-refractivity contribution in [2.45, 2.75) is 46.0 Å². The number of hydrogen-bond donors (Lipinski definition) is 2. The van der Waals surface area contributed by atoms with E-state index in [2.05, 4.69) is 22.2 Å². The van der Waals surface area contributed by atoms with Gasteiger partial charge in [0.05, 0.1) is 6.61 Å². The van der Waals surface area contributed by atoms with Crippen molar-refractivity contribution in [3.05, 3.63) is 47.9 Å². The van der Waals surface area contributed by atoms with Crippen LogP contribution in [0.15, 0.2) is 42.3 Å². The summed E-state index contributed by atoms with van der Waals surface area (Å²) in [4.78, 5) is 33.9. The molecule has 8 heteroatoms. The molecule has 0 saturated carbocycles. The summed E-state index contributed by atoms with van der Waals surface area (Å²) >= 11 is 0. The Morgan fingerprint density at radius 1 is 1.09 bits per heavy atom. The van der Waals surface area contributed by atoms with Crippen LogP contribution in [0.4, 0.5) is 10.6 Å². The van der Waals surface area contributed by atoms with Crippen molar-refractivity contribution < 1.29 is 19.4 Å². The molecule has 0 radical (unpaired) electrons. The van der Waals surface area contributed by atoms with E-state index in [1.54, 1.807) is 50.5 Å². The van der Waals surface area contributed by atoms with Gasteiger partial charge in [0, 0.05) is 25.4 Å². The minimum absolute atomic E-state index is 0.114. The molecule has 172 valence electrons. The normalized spacial score (nSPS) is 11.2. The maximum absolute atomic E-state index is 12.4. The standard InChI is InChI=1S/C24H32N4O4/c1-4-6-7-8-9-15-26-24(31)28(3)21-14-16-25-22(27-21)19-12-10-18(11-13-19)17-20(23(29)30)32-5-2/h10-14,16-17H,4-9,15H2,1-3H3,(H,26,31)(H,29,30). The average molecular weight is 441 g/mol. The van der Waals surface area contributed by atoms with Crippen LogP contribution in [-0.4, -0.2) is 47.3 Å². The number of hydrogen-bond acceptors (Lipinski definition) is 5. The van der Waals surface area contributed by atoms with Crippen LogP contribution in [0.25, 0.3) is 17.5 Å². The first-order valence-corrected chi connectivity index (χ1v) is 11.0. The molecule has 0 spiro atoms. The highest BCUT2D eigenvalue weighted by molar-refractivity contribution is 5.91. The van der Waals surface area contributed by atoms with Gasteiger partial charge in [0.15, 0.2) is 5.82 Å². The van der Waals surface area contributed by atoms with Crippen LogP contribution in [0, 0.1) is 0 Å². The van der Waals surface area contributed by atoms with Gasteiger partial charge in [-0.1, -0.05) is 56.9 Å². The summed E-state index contributed by atoms with van der Waals surface area (Å²) in [6.07, 6.45) is 8.75. The number of unbranched alkanes of at least 4 members (excludes halogenated alkanes) is 4. The molecule has 1 heterocycles. The highest BCUT2D eigenvalue weighted by Gasteiger charge is 2.13. The predicted molar refractivity (Wildman–Crippen MR) is 125 cm³/mol. The van der Waals surface area contributed by atoms with E-state index >= 15 is 0 Å². The summed E-state index contributed by atoms with van der Waals surface area (Å²) < 4.78 is 5.13. The molecule has 2 aromatic rings. The number of aliphatic carboxylic acids is 1. The minimum Gasteiger partial charge on any atom is -0.487 e. The van der Waals surface area contributed by atoms with Crippen molar-refractivity contribution in [3.8, 4) is 11.4 Å². The van der Waals surface area contributed by atoms with Crippen molar-refractivity contribution in [3.63, 3.8) is 0 Å². The van der Waals surface area contributed by atoms with Gasteiger partial charge in [-0.15, -0.1) is 0 Å². The second-order valence-electron chi connectivity index (χ2n) is 7.31. The van der Waals surface area contributed by atoms with Gasteiger partial charge in [0.25, 0.3) is 0 Å². The number of amides is 2. The lowest BCUT2D eigenvalue weighted by molar-refractivity contribution is -0.136. The number of nitrogens with one attached hydrogen (secondary N) is 1. The van der Waals surface area contributed by atoms with E-state index in [1.807, 2.05) is 0 Å². The summed E-state index contributed by atoms with van der Waals surface area (Å²) in [5.41, 5.74) is 1.44. The van der Waals surface area contributed by atoms with Gasteiger partial charge >= 0.3 is 12.0 Å².